The van der Waals surface area contributed by atoms with Gasteiger partial charge in [-0.1, -0.05) is 11.6 Å². The van der Waals surface area contributed by atoms with Crippen LogP contribution in [-0.4, -0.2) is 36.1 Å². The van der Waals surface area contributed by atoms with Gasteiger partial charge in [0.1, 0.15) is 0 Å². The molecule has 5 heteroatoms. The summed E-state index contributed by atoms with van der Waals surface area (Å²) >= 11 is 5.90. The van der Waals surface area contributed by atoms with E-state index in [1.165, 1.54) is 12.8 Å². The third kappa shape index (κ3) is 3.64. The van der Waals surface area contributed by atoms with Crippen LogP contribution in [0.1, 0.15) is 18.7 Å². The molecule has 0 radical (unpaired) electrons. The summed E-state index contributed by atoms with van der Waals surface area (Å²) in [6.45, 7) is 2.93. The summed E-state index contributed by atoms with van der Waals surface area (Å²) in [5.41, 5.74) is 1.00. The number of aromatic nitrogens is 1. The van der Waals surface area contributed by atoms with Gasteiger partial charge in [-0.05, 0) is 50.7 Å². The molecule has 1 fully saturated rings. The first-order chi connectivity index (χ1) is 10.2. The lowest BCUT2D eigenvalue weighted by atomic mass is 10.1. The molecule has 1 aromatic heterocycles. The fraction of sp³-hybridized carbons (Fsp3) is 0.438. The second kappa shape index (κ2) is 6.60. The molecular formula is C16H20ClN3O. The lowest BCUT2D eigenvalue weighted by molar-refractivity contribution is 0.173. The molecular weight excluding hydrogens is 286 g/mol. The van der Waals surface area contributed by atoms with Crippen molar-refractivity contribution in [3.05, 3.63) is 41.4 Å². The van der Waals surface area contributed by atoms with Gasteiger partial charge in [0, 0.05) is 23.2 Å². The third-order valence-corrected chi connectivity index (χ3v) is 4.21. The highest BCUT2D eigenvalue weighted by Crippen LogP contribution is 2.23. The van der Waals surface area contributed by atoms with Crippen LogP contribution < -0.4 is 5.32 Å². The molecule has 1 unspecified atom stereocenters. The molecule has 0 saturated carbocycles. The van der Waals surface area contributed by atoms with Crippen LogP contribution in [0.5, 0.6) is 0 Å². The first-order valence-electron chi connectivity index (χ1n) is 7.35. The summed E-state index contributed by atoms with van der Waals surface area (Å²) in [5, 5.41) is 4.08. The highest BCUT2D eigenvalue weighted by molar-refractivity contribution is 6.30. The number of nitrogens with one attached hydrogen (secondary N) is 1. The van der Waals surface area contributed by atoms with E-state index < -0.39 is 0 Å². The molecule has 0 aliphatic carbocycles. The molecule has 1 aliphatic heterocycles. The molecule has 1 aromatic carbocycles. The predicted octanol–water partition coefficient (Wildman–Crippen LogP) is 3.18. The van der Waals surface area contributed by atoms with Crippen molar-refractivity contribution in [3.63, 3.8) is 0 Å². The van der Waals surface area contributed by atoms with Crippen LogP contribution in [0.4, 0.5) is 0 Å². The topological polar surface area (TPSA) is 41.3 Å². The second-order valence-corrected chi connectivity index (χ2v) is 5.92. The van der Waals surface area contributed by atoms with Crippen molar-refractivity contribution in [2.24, 2.45) is 0 Å². The Morgan fingerprint density at radius 3 is 2.95 bits per heavy atom. The first-order valence-corrected chi connectivity index (χ1v) is 7.72. The van der Waals surface area contributed by atoms with Gasteiger partial charge in [-0.2, -0.15) is 0 Å². The van der Waals surface area contributed by atoms with E-state index in [2.05, 4.69) is 15.2 Å². The minimum absolute atomic E-state index is 0.574. The van der Waals surface area contributed by atoms with Crippen LogP contribution in [0.3, 0.4) is 0 Å². The molecule has 0 amide bonds. The van der Waals surface area contributed by atoms with E-state index in [1.54, 1.807) is 6.20 Å². The van der Waals surface area contributed by atoms with E-state index in [1.807, 2.05) is 31.3 Å². The maximum Gasteiger partial charge on any atom is 0.209 e. The van der Waals surface area contributed by atoms with E-state index in [-0.39, 0.29) is 0 Å². The molecule has 3 rings (SSSR count). The summed E-state index contributed by atoms with van der Waals surface area (Å²) in [5.74, 6) is 1.57. The molecule has 1 N–H and O–H groups in total. The minimum atomic E-state index is 0.574. The van der Waals surface area contributed by atoms with E-state index in [9.17, 15) is 0 Å². The fourth-order valence-electron chi connectivity index (χ4n) is 2.76. The standard InChI is InChI=1S/C16H20ClN3O/c1-18-14-3-2-8-20(10-14)11-16-19-9-15(21-16)12-4-6-13(17)7-5-12/h4-7,9,14,18H,2-3,8,10-11H2,1H3. The molecule has 1 saturated heterocycles. The van der Waals surface area contributed by atoms with Gasteiger partial charge in [-0.3, -0.25) is 4.90 Å². The average molecular weight is 306 g/mol. The SMILES string of the molecule is CNC1CCCN(Cc2ncc(-c3ccc(Cl)cc3)o2)C1. The number of oxazole rings is 1. The Bertz CT molecular complexity index is 581. The van der Waals surface area contributed by atoms with Crippen molar-refractivity contribution in [1.29, 1.82) is 0 Å². The zero-order chi connectivity index (χ0) is 14.7. The molecule has 1 aliphatic rings. The maximum atomic E-state index is 5.90. The Balaban J connectivity index is 1.66. The van der Waals surface area contributed by atoms with Crippen molar-refractivity contribution in [2.75, 3.05) is 20.1 Å². The highest BCUT2D eigenvalue weighted by atomic mass is 35.5. The Labute approximate surface area is 130 Å². The van der Waals surface area contributed by atoms with Crippen LogP contribution in [0.25, 0.3) is 11.3 Å². The summed E-state index contributed by atoms with van der Waals surface area (Å²) in [7, 11) is 2.03. The predicted molar refractivity (Wildman–Crippen MR) is 84.3 cm³/mol. The lowest BCUT2D eigenvalue weighted by Gasteiger charge is -2.31. The van der Waals surface area contributed by atoms with Crippen molar-refractivity contribution in [2.45, 2.75) is 25.4 Å². The van der Waals surface area contributed by atoms with Crippen molar-refractivity contribution in [3.8, 4) is 11.3 Å². The quantitative estimate of drug-likeness (QED) is 0.942. The van der Waals surface area contributed by atoms with E-state index in [4.69, 9.17) is 16.0 Å². The monoisotopic (exact) mass is 305 g/mol. The van der Waals surface area contributed by atoms with E-state index in [0.717, 1.165) is 41.9 Å². The smallest absolute Gasteiger partial charge is 0.209 e. The number of halogens is 1. The fourth-order valence-corrected chi connectivity index (χ4v) is 2.88. The first kappa shape index (κ1) is 14.6. The van der Waals surface area contributed by atoms with Crippen LogP contribution in [0.15, 0.2) is 34.9 Å². The van der Waals surface area contributed by atoms with Gasteiger partial charge in [0.25, 0.3) is 0 Å². The zero-order valence-electron chi connectivity index (χ0n) is 12.2. The molecule has 2 heterocycles. The highest BCUT2D eigenvalue weighted by Gasteiger charge is 2.20. The minimum Gasteiger partial charge on any atom is -0.439 e. The van der Waals surface area contributed by atoms with Crippen molar-refractivity contribution >= 4 is 11.6 Å². The Hall–Kier alpha value is -1.36. The second-order valence-electron chi connectivity index (χ2n) is 5.49. The van der Waals surface area contributed by atoms with Crippen LogP contribution >= 0.6 is 11.6 Å². The zero-order valence-corrected chi connectivity index (χ0v) is 12.9. The number of hydrogen-bond donors (Lipinski definition) is 1. The Morgan fingerprint density at radius 2 is 2.19 bits per heavy atom. The van der Waals surface area contributed by atoms with Gasteiger partial charge < -0.3 is 9.73 Å². The number of rotatable bonds is 4. The van der Waals surface area contributed by atoms with Crippen molar-refractivity contribution in [1.82, 2.24) is 15.2 Å². The molecule has 1 atom stereocenters. The lowest BCUT2D eigenvalue weighted by Crippen LogP contribution is -2.43. The summed E-state index contributed by atoms with van der Waals surface area (Å²) in [6.07, 6.45) is 4.25. The van der Waals surface area contributed by atoms with Gasteiger partial charge in [-0.25, -0.2) is 4.98 Å². The van der Waals surface area contributed by atoms with E-state index >= 15 is 0 Å². The number of nitrogens with zero attached hydrogens (tertiary/aromatic N) is 2. The Kier molecular flexibility index (Phi) is 4.58. The largest absolute Gasteiger partial charge is 0.439 e. The Morgan fingerprint density at radius 1 is 1.38 bits per heavy atom. The van der Waals surface area contributed by atoms with Gasteiger partial charge in [0.2, 0.25) is 5.89 Å². The number of likely N-dealkylation sites (tertiary alicyclic amines) is 1. The van der Waals surface area contributed by atoms with Crippen LogP contribution in [0.2, 0.25) is 5.02 Å². The molecule has 4 nitrogen and oxygen atoms in total. The number of likely N-dealkylation sites (N-methyl/N-ethyl adjacent to an activating group) is 1. The molecule has 0 spiro atoms. The van der Waals surface area contributed by atoms with Crippen LogP contribution in [0, 0.1) is 0 Å². The summed E-state index contributed by atoms with van der Waals surface area (Å²) in [6, 6.07) is 8.20. The number of piperidine rings is 1. The number of benzene rings is 1. The van der Waals surface area contributed by atoms with Crippen LogP contribution in [-0.2, 0) is 6.54 Å². The normalized spacial score (nSPS) is 19.8. The molecule has 0 bridgehead atoms. The summed E-state index contributed by atoms with van der Waals surface area (Å²) < 4.78 is 5.86. The average Bonchev–Trinajstić information content (AvgIpc) is 2.96. The maximum absolute atomic E-state index is 5.90. The van der Waals surface area contributed by atoms with E-state index in [0.29, 0.717) is 6.04 Å². The third-order valence-electron chi connectivity index (χ3n) is 3.95. The van der Waals surface area contributed by atoms with Gasteiger partial charge in [0.15, 0.2) is 5.76 Å². The van der Waals surface area contributed by atoms with Gasteiger partial charge in [-0.15, -0.1) is 0 Å². The molecule has 112 valence electrons. The molecule has 21 heavy (non-hydrogen) atoms. The number of hydrogen-bond acceptors (Lipinski definition) is 4. The molecule has 2 aromatic rings. The van der Waals surface area contributed by atoms with Gasteiger partial charge >= 0.3 is 0 Å². The van der Waals surface area contributed by atoms with Gasteiger partial charge in [0.05, 0.1) is 12.7 Å². The van der Waals surface area contributed by atoms with Crippen molar-refractivity contribution < 1.29 is 4.42 Å². The summed E-state index contributed by atoms with van der Waals surface area (Å²) in [4.78, 5) is 6.79.